The number of hydrogen-bond donors (Lipinski definition) is 0. The number of allylic oxidation sites excluding steroid dienone is 3. The van der Waals surface area contributed by atoms with Crippen LogP contribution in [0, 0.1) is 0 Å². The van der Waals surface area contributed by atoms with E-state index in [1.165, 1.54) is 16.5 Å². The van der Waals surface area contributed by atoms with Crippen LogP contribution in [0.4, 0.5) is 0 Å². The average molecular weight is 264 g/mol. The molecule has 0 bridgehead atoms. The third kappa shape index (κ3) is 1.63. The number of fused-ring (bicyclic) bond motifs is 3. The molecule has 0 atom stereocenters. The summed E-state index contributed by atoms with van der Waals surface area (Å²) in [6.07, 6.45) is 7.27. The van der Waals surface area contributed by atoms with Crippen molar-refractivity contribution in [1.82, 2.24) is 4.90 Å². The molecule has 1 aromatic carbocycles. The van der Waals surface area contributed by atoms with Gasteiger partial charge in [-0.15, -0.1) is 0 Å². The lowest BCUT2D eigenvalue weighted by Gasteiger charge is -2.31. The molecule has 20 heavy (non-hydrogen) atoms. The molecule has 1 aromatic rings. The molecule has 3 heterocycles. The molecule has 0 radical (unpaired) electrons. The molecule has 100 valence electrons. The number of para-hydroxylation sites is 1. The predicted molar refractivity (Wildman–Crippen MR) is 77.8 cm³/mol. The fourth-order valence-electron chi connectivity index (χ4n) is 3.01. The largest absolute Gasteiger partial charge is 0.492 e. The smallest absolute Gasteiger partial charge is 0.135 e. The Kier molecular flexibility index (Phi) is 2.52. The summed E-state index contributed by atoms with van der Waals surface area (Å²) in [5, 5.41) is 2.39. The van der Waals surface area contributed by atoms with E-state index in [0.29, 0.717) is 6.61 Å². The van der Waals surface area contributed by atoms with Crippen LogP contribution in [0.2, 0.25) is 0 Å². The first-order valence-electron chi connectivity index (χ1n) is 7.08. The maximum atomic E-state index is 5.58. The summed E-state index contributed by atoms with van der Waals surface area (Å²) in [6, 6.07) is 8.40. The van der Waals surface area contributed by atoms with Gasteiger partial charge in [0.2, 0.25) is 0 Å². The number of nitrogens with zero attached hydrogens (tertiary/aromatic N) is 2. The molecule has 3 nitrogen and oxygen atoms in total. The number of hydrogen-bond acceptors (Lipinski definition) is 3. The lowest BCUT2D eigenvalue weighted by molar-refractivity contribution is 0.232. The fraction of sp³-hybridized carbons (Fsp3) is 0.235. The lowest BCUT2D eigenvalue weighted by atomic mass is 10.00. The molecule has 0 saturated heterocycles. The standard InChI is InChI=1S/C17H16N2O/c1-2-20-12-7-8-16-17-14(9-10-19(16)11-12)13-5-3-4-6-15(13)18-17/h3-8,11H,2,9-10H2,1H3. The molecule has 0 aromatic heterocycles. The SMILES string of the molecule is CCOC1=CN2CCC3=c4ccccc4=NC3=C2C=C1. The van der Waals surface area contributed by atoms with Crippen molar-refractivity contribution in [3.8, 4) is 0 Å². The van der Waals surface area contributed by atoms with Gasteiger partial charge in [-0.1, -0.05) is 18.2 Å². The van der Waals surface area contributed by atoms with Crippen molar-refractivity contribution in [3.05, 3.63) is 70.3 Å². The van der Waals surface area contributed by atoms with Gasteiger partial charge in [0, 0.05) is 18.0 Å². The Bertz CT molecular complexity index is 783. The van der Waals surface area contributed by atoms with Crippen molar-refractivity contribution in [1.29, 1.82) is 0 Å². The first-order chi connectivity index (χ1) is 9.86. The van der Waals surface area contributed by atoms with E-state index in [9.17, 15) is 0 Å². The summed E-state index contributed by atoms with van der Waals surface area (Å²) in [5.41, 5.74) is 3.69. The van der Waals surface area contributed by atoms with Gasteiger partial charge >= 0.3 is 0 Å². The third-order valence-electron chi connectivity index (χ3n) is 3.90. The predicted octanol–water partition coefficient (Wildman–Crippen LogP) is 1.84. The van der Waals surface area contributed by atoms with Crippen molar-refractivity contribution in [2.24, 2.45) is 4.99 Å². The van der Waals surface area contributed by atoms with E-state index in [4.69, 9.17) is 9.73 Å². The quantitative estimate of drug-likeness (QED) is 0.814. The van der Waals surface area contributed by atoms with Gasteiger partial charge < -0.3 is 9.64 Å². The van der Waals surface area contributed by atoms with Gasteiger partial charge in [0.1, 0.15) is 5.76 Å². The van der Waals surface area contributed by atoms with Crippen molar-refractivity contribution in [2.75, 3.05) is 13.2 Å². The lowest BCUT2D eigenvalue weighted by Crippen LogP contribution is -2.28. The van der Waals surface area contributed by atoms with Crippen molar-refractivity contribution in [2.45, 2.75) is 13.3 Å². The Morgan fingerprint density at radius 2 is 2.15 bits per heavy atom. The monoisotopic (exact) mass is 264 g/mol. The maximum Gasteiger partial charge on any atom is 0.135 e. The van der Waals surface area contributed by atoms with E-state index in [1.807, 2.05) is 19.1 Å². The van der Waals surface area contributed by atoms with E-state index in [2.05, 4.69) is 35.4 Å². The van der Waals surface area contributed by atoms with Crippen molar-refractivity contribution < 1.29 is 4.74 Å². The van der Waals surface area contributed by atoms with E-state index < -0.39 is 0 Å². The molecular formula is C17H16N2O. The van der Waals surface area contributed by atoms with E-state index in [0.717, 1.165) is 29.8 Å². The Labute approximate surface area is 117 Å². The highest BCUT2D eigenvalue weighted by Gasteiger charge is 2.26. The summed E-state index contributed by atoms with van der Waals surface area (Å²) in [7, 11) is 0. The Morgan fingerprint density at radius 1 is 1.25 bits per heavy atom. The average Bonchev–Trinajstić information content (AvgIpc) is 2.86. The second-order valence-corrected chi connectivity index (χ2v) is 5.08. The number of ether oxygens (including phenoxy) is 1. The maximum absolute atomic E-state index is 5.58. The van der Waals surface area contributed by atoms with Crippen LogP contribution < -0.4 is 10.6 Å². The van der Waals surface area contributed by atoms with Crippen LogP contribution in [0.5, 0.6) is 0 Å². The van der Waals surface area contributed by atoms with Crippen LogP contribution in [-0.2, 0) is 4.74 Å². The zero-order valence-electron chi connectivity index (χ0n) is 11.5. The zero-order chi connectivity index (χ0) is 13.5. The summed E-state index contributed by atoms with van der Waals surface area (Å²) < 4.78 is 5.58. The van der Waals surface area contributed by atoms with Crippen molar-refractivity contribution in [3.63, 3.8) is 0 Å². The fourth-order valence-corrected chi connectivity index (χ4v) is 3.01. The minimum atomic E-state index is 0.698. The molecule has 3 aliphatic rings. The Balaban J connectivity index is 1.85. The van der Waals surface area contributed by atoms with Gasteiger partial charge in [0.15, 0.2) is 0 Å². The van der Waals surface area contributed by atoms with Crippen LogP contribution in [-0.4, -0.2) is 18.1 Å². The molecule has 0 N–H and O–H groups in total. The summed E-state index contributed by atoms with van der Waals surface area (Å²) in [6.45, 7) is 3.69. The number of benzene rings is 1. The van der Waals surface area contributed by atoms with Gasteiger partial charge in [-0.05, 0) is 37.1 Å². The second-order valence-electron chi connectivity index (χ2n) is 5.08. The molecule has 0 aliphatic carbocycles. The van der Waals surface area contributed by atoms with Crippen LogP contribution in [0.15, 0.2) is 64.8 Å². The molecule has 4 rings (SSSR count). The number of rotatable bonds is 2. The molecule has 0 fully saturated rings. The topological polar surface area (TPSA) is 24.8 Å². The minimum absolute atomic E-state index is 0.698. The van der Waals surface area contributed by atoms with E-state index >= 15 is 0 Å². The second kappa shape index (κ2) is 4.37. The molecule has 3 aliphatic heterocycles. The van der Waals surface area contributed by atoms with Gasteiger partial charge in [-0.25, -0.2) is 4.99 Å². The highest BCUT2D eigenvalue weighted by molar-refractivity contribution is 5.70. The molecule has 3 heteroatoms. The van der Waals surface area contributed by atoms with Crippen LogP contribution >= 0.6 is 0 Å². The highest BCUT2D eigenvalue weighted by Crippen LogP contribution is 2.33. The molecular weight excluding hydrogens is 248 g/mol. The molecule has 0 saturated carbocycles. The summed E-state index contributed by atoms with van der Waals surface area (Å²) in [4.78, 5) is 7.06. The highest BCUT2D eigenvalue weighted by atomic mass is 16.5. The third-order valence-corrected chi connectivity index (χ3v) is 3.90. The van der Waals surface area contributed by atoms with Crippen LogP contribution in [0.3, 0.4) is 0 Å². The van der Waals surface area contributed by atoms with E-state index in [1.54, 1.807) is 0 Å². The zero-order valence-corrected chi connectivity index (χ0v) is 11.5. The summed E-state index contributed by atoms with van der Waals surface area (Å²) >= 11 is 0. The molecule has 0 spiro atoms. The van der Waals surface area contributed by atoms with Gasteiger partial charge in [0.25, 0.3) is 0 Å². The van der Waals surface area contributed by atoms with Gasteiger partial charge in [0.05, 0.1) is 23.4 Å². The normalized spacial score (nSPS) is 19.1. The first-order valence-corrected chi connectivity index (χ1v) is 7.08. The Morgan fingerprint density at radius 3 is 3.05 bits per heavy atom. The summed E-state index contributed by atoms with van der Waals surface area (Å²) in [5.74, 6) is 0.927. The van der Waals surface area contributed by atoms with Crippen molar-refractivity contribution >= 4 is 5.57 Å². The first kappa shape index (κ1) is 11.5. The van der Waals surface area contributed by atoms with Crippen LogP contribution in [0.25, 0.3) is 5.57 Å². The van der Waals surface area contributed by atoms with Gasteiger partial charge in [-0.2, -0.15) is 0 Å². The molecule has 0 unspecified atom stereocenters. The minimum Gasteiger partial charge on any atom is -0.492 e. The van der Waals surface area contributed by atoms with Crippen LogP contribution in [0.1, 0.15) is 13.3 Å². The van der Waals surface area contributed by atoms with E-state index in [-0.39, 0.29) is 0 Å². The van der Waals surface area contributed by atoms with Gasteiger partial charge in [-0.3, -0.25) is 0 Å². The molecule has 0 amide bonds. The Hall–Kier alpha value is -2.29.